The molecule has 0 aliphatic heterocycles. The van der Waals surface area contributed by atoms with Crippen molar-refractivity contribution < 1.29 is 8.42 Å². The quantitative estimate of drug-likeness (QED) is 0.454. The molecule has 3 aromatic carbocycles. The number of sulfonamides is 1. The third-order valence-electron chi connectivity index (χ3n) is 4.81. The number of aromatic nitrogens is 3. The second-order valence-corrected chi connectivity index (χ2v) is 8.91. The molecule has 1 heterocycles. The summed E-state index contributed by atoms with van der Waals surface area (Å²) >= 11 is 0. The zero-order valence-electron chi connectivity index (χ0n) is 16.6. The highest BCUT2D eigenvalue weighted by Gasteiger charge is 2.28. The molecular weight excluding hydrogens is 396 g/mol. The van der Waals surface area contributed by atoms with E-state index in [0.29, 0.717) is 12.4 Å². The van der Waals surface area contributed by atoms with Crippen molar-refractivity contribution in [2.24, 2.45) is 0 Å². The van der Waals surface area contributed by atoms with E-state index in [4.69, 9.17) is 0 Å². The van der Waals surface area contributed by atoms with Gasteiger partial charge in [0.15, 0.2) is 5.82 Å². The van der Waals surface area contributed by atoms with E-state index in [-0.39, 0.29) is 11.4 Å². The molecular formula is C23H22N4O2S. The van der Waals surface area contributed by atoms with E-state index in [1.807, 2.05) is 67.6 Å². The lowest BCUT2D eigenvalue weighted by Crippen LogP contribution is -2.32. The second kappa shape index (κ2) is 8.51. The Morgan fingerprint density at radius 3 is 2.07 bits per heavy atom. The van der Waals surface area contributed by atoms with Crippen LogP contribution in [0.25, 0.3) is 0 Å². The molecule has 30 heavy (non-hydrogen) atoms. The van der Waals surface area contributed by atoms with Crippen LogP contribution in [0.2, 0.25) is 0 Å². The molecule has 4 aromatic rings. The lowest BCUT2D eigenvalue weighted by atomic mass is 10.2. The molecule has 152 valence electrons. The fourth-order valence-corrected chi connectivity index (χ4v) is 4.63. The Labute approximate surface area is 176 Å². The van der Waals surface area contributed by atoms with Crippen molar-refractivity contribution in [1.82, 2.24) is 15.0 Å². The molecule has 0 spiro atoms. The van der Waals surface area contributed by atoms with Crippen molar-refractivity contribution in [3.8, 4) is 0 Å². The van der Waals surface area contributed by atoms with Gasteiger partial charge >= 0.3 is 0 Å². The number of hydrogen-bond donors (Lipinski definition) is 0. The van der Waals surface area contributed by atoms with E-state index in [1.165, 1.54) is 10.5 Å². The van der Waals surface area contributed by atoms with E-state index in [9.17, 15) is 8.42 Å². The standard InChI is InChI=1S/C23H22N4O2S/c1-19-12-14-22(15-13-19)30(28,29)27(18-21-10-6-3-7-11-21)23-16-24-25-26(23)17-20-8-4-2-5-9-20/h2-16H,17-18H2,1H3. The lowest BCUT2D eigenvalue weighted by molar-refractivity contribution is 0.584. The number of aryl methyl sites for hydroxylation is 1. The van der Waals surface area contributed by atoms with E-state index >= 15 is 0 Å². The van der Waals surface area contributed by atoms with Gasteiger partial charge in [-0.05, 0) is 30.2 Å². The highest BCUT2D eigenvalue weighted by Crippen LogP contribution is 2.26. The second-order valence-electron chi connectivity index (χ2n) is 7.05. The van der Waals surface area contributed by atoms with Crippen LogP contribution in [-0.4, -0.2) is 23.4 Å². The molecule has 0 amide bonds. The van der Waals surface area contributed by atoms with Crippen molar-refractivity contribution in [3.05, 3.63) is 108 Å². The van der Waals surface area contributed by atoms with Gasteiger partial charge in [0.05, 0.1) is 24.2 Å². The van der Waals surface area contributed by atoms with Crippen molar-refractivity contribution in [3.63, 3.8) is 0 Å². The minimum Gasteiger partial charge on any atom is -0.244 e. The Morgan fingerprint density at radius 2 is 1.43 bits per heavy atom. The van der Waals surface area contributed by atoms with Crippen LogP contribution in [0.4, 0.5) is 5.82 Å². The van der Waals surface area contributed by atoms with E-state index in [2.05, 4.69) is 10.3 Å². The molecule has 0 fully saturated rings. The van der Waals surface area contributed by atoms with Gasteiger partial charge in [-0.2, -0.15) is 0 Å². The molecule has 4 rings (SSSR count). The third-order valence-corrected chi connectivity index (χ3v) is 6.57. The summed E-state index contributed by atoms with van der Waals surface area (Å²) in [6, 6.07) is 26.1. The highest BCUT2D eigenvalue weighted by atomic mass is 32.2. The van der Waals surface area contributed by atoms with Crippen molar-refractivity contribution >= 4 is 15.8 Å². The van der Waals surface area contributed by atoms with E-state index < -0.39 is 10.0 Å². The topological polar surface area (TPSA) is 68.1 Å². The van der Waals surface area contributed by atoms with Crippen molar-refractivity contribution in [2.45, 2.75) is 24.9 Å². The van der Waals surface area contributed by atoms with Crippen LogP contribution in [0.15, 0.2) is 96.0 Å². The van der Waals surface area contributed by atoms with Crippen molar-refractivity contribution in [1.29, 1.82) is 0 Å². The van der Waals surface area contributed by atoms with Gasteiger partial charge in [-0.3, -0.25) is 0 Å². The molecule has 0 aliphatic carbocycles. The maximum absolute atomic E-state index is 13.6. The predicted octanol–water partition coefficient (Wildman–Crippen LogP) is 4.03. The first-order valence-electron chi connectivity index (χ1n) is 9.60. The minimum absolute atomic E-state index is 0.180. The number of nitrogens with zero attached hydrogens (tertiary/aromatic N) is 4. The average molecular weight is 419 g/mol. The fraction of sp³-hybridized carbons (Fsp3) is 0.130. The number of hydrogen-bond acceptors (Lipinski definition) is 4. The van der Waals surface area contributed by atoms with Gasteiger partial charge in [-0.15, -0.1) is 5.10 Å². The molecule has 0 unspecified atom stereocenters. The van der Waals surface area contributed by atoms with Crippen LogP contribution in [0.5, 0.6) is 0 Å². The SMILES string of the molecule is Cc1ccc(S(=O)(=O)N(Cc2ccccc2)c2cnnn2Cc2ccccc2)cc1. The zero-order chi connectivity index (χ0) is 21.0. The molecule has 0 atom stereocenters. The van der Waals surface area contributed by atoms with Crippen LogP contribution in [0.1, 0.15) is 16.7 Å². The summed E-state index contributed by atoms with van der Waals surface area (Å²) in [7, 11) is -3.82. The molecule has 7 heteroatoms. The summed E-state index contributed by atoms with van der Waals surface area (Å²) < 4.78 is 30.2. The molecule has 0 radical (unpaired) electrons. The van der Waals surface area contributed by atoms with Crippen LogP contribution in [0.3, 0.4) is 0 Å². The Balaban J connectivity index is 1.77. The van der Waals surface area contributed by atoms with Crippen LogP contribution in [0, 0.1) is 6.92 Å². The highest BCUT2D eigenvalue weighted by molar-refractivity contribution is 7.92. The molecule has 1 aromatic heterocycles. The molecule has 0 N–H and O–H groups in total. The summed E-state index contributed by atoms with van der Waals surface area (Å²) in [5.41, 5.74) is 2.89. The van der Waals surface area contributed by atoms with Gasteiger partial charge in [-0.25, -0.2) is 17.4 Å². The van der Waals surface area contributed by atoms with E-state index in [1.54, 1.807) is 28.9 Å². The summed E-state index contributed by atoms with van der Waals surface area (Å²) in [6.45, 7) is 2.53. The van der Waals surface area contributed by atoms with Gasteiger partial charge in [0.2, 0.25) is 0 Å². The number of rotatable bonds is 7. The smallest absolute Gasteiger partial charge is 0.244 e. The van der Waals surface area contributed by atoms with E-state index in [0.717, 1.165) is 16.7 Å². The normalized spacial score (nSPS) is 11.4. The van der Waals surface area contributed by atoms with Crippen LogP contribution < -0.4 is 4.31 Å². The number of anilines is 1. The Morgan fingerprint density at radius 1 is 0.833 bits per heavy atom. The fourth-order valence-electron chi connectivity index (χ4n) is 3.19. The van der Waals surface area contributed by atoms with Crippen LogP contribution in [-0.2, 0) is 23.1 Å². The largest absolute Gasteiger partial charge is 0.265 e. The first-order valence-corrected chi connectivity index (χ1v) is 11.0. The van der Waals surface area contributed by atoms with Gasteiger partial charge in [0, 0.05) is 0 Å². The summed E-state index contributed by atoms with van der Waals surface area (Å²) in [5.74, 6) is 0.420. The van der Waals surface area contributed by atoms with Gasteiger partial charge in [0.1, 0.15) is 0 Å². The first kappa shape index (κ1) is 19.8. The molecule has 0 saturated carbocycles. The maximum atomic E-state index is 13.6. The maximum Gasteiger partial charge on any atom is 0.265 e. The third kappa shape index (κ3) is 4.26. The van der Waals surface area contributed by atoms with Crippen LogP contribution >= 0.6 is 0 Å². The predicted molar refractivity (Wildman–Crippen MR) is 117 cm³/mol. The zero-order valence-corrected chi connectivity index (χ0v) is 17.4. The Bertz CT molecular complexity index is 1210. The summed E-state index contributed by atoms with van der Waals surface area (Å²) in [5, 5.41) is 8.16. The summed E-state index contributed by atoms with van der Waals surface area (Å²) in [4.78, 5) is 0.233. The van der Waals surface area contributed by atoms with Gasteiger partial charge in [0.25, 0.3) is 10.0 Å². The Hall–Kier alpha value is -3.45. The average Bonchev–Trinajstić information content (AvgIpc) is 3.21. The molecule has 0 aliphatic rings. The minimum atomic E-state index is -3.82. The van der Waals surface area contributed by atoms with Crippen molar-refractivity contribution in [2.75, 3.05) is 4.31 Å². The first-order chi connectivity index (χ1) is 14.5. The number of benzene rings is 3. The molecule has 6 nitrogen and oxygen atoms in total. The lowest BCUT2D eigenvalue weighted by Gasteiger charge is -2.24. The Kier molecular flexibility index (Phi) is 5.63. The van der Waals surface area contributed by atoms with Gasteiger partial charge in [-0.1, -0.05) is 83.6 Å². The molecule has 0 bridgehead atoms. The summed E-state index contributed by atoms with van der Waals surface area (Å²) in [6.07, 6.45) is 1.50. The molecule has 0 saturated heterocycles. The monoisotopic (exact) mass is 418 g/mol. The van der Waals surface area contributed by atoms with Gasteiger partial charge < -0.3 is 0 Å².